The summed E-state index contributed by atoms with van der Waals surface area (Å²) in [5.74, 6) is -1.18. The summed E-state index contributed by atoms with van der Waals surface area (Å²) >= 11 is 0. The predicted octanol–water partition coefficient (Wildman–Crippen LogP) is 4.73. The number of hydrogen-bond donors (Lipinski definition) is 0. The van der Waals surface area contributed by atoms with E-state index >= 15 is 0 Å². The first kappa shape index (κ1) is 33.3. The lowest BCUT2D eigenvalue weighted by molar-refractivity contribution is -0.193. The fraction of sp³-hybridized carbons (Fsp3) is 0.625. The van der Waals surface area contributed by atoms with Crippen LogP contribution in [0.5, 0.6) is 5.75 Å². The van der Waals surface area contributed by atoms with Gasteiger partial charge in [0.2, 0.25) is 0 Å². The van der Waals surface area contributed by atoms with E-state index in [0.717, 1.165) is 19.3 Å². The van der Waals surface area contributed by atoms with Gasteiger partial charge in [-0.25, -0.2) is 0 Å². The summed E-state index contributed by atoms with van der Waals surface area (Å²) in [4.78, 5) is 48.2. The number of hydrogen-bond acceptors (Lipinski definition) is 10. The smallest absolute Gasteiger partial charge is 0.305 e. The molecule has 2 unspecified atom stereocenters. The van der Waals surface area contributed by atoms with Crippen LogP contribution in [0.4, 0.5) is 0 Å². The van der Waals surface area contributed by atoms with Gasteiger partial charge < -0.3 is 28.4 Å². The Balaban J connectivity index is 1.75. The van der Waals surface area contributed by atoms with Crippen molar-refractivity contribution in [3.63, 3.8) is 0 Å². The molecule has 3 rings (SSSR count). The highest BCUT2D eigenvalue weighted by molar-refractivity contribution is 5.91. The molecule has 6 atom stereocenters. The van der Waals surface area contributed by atoms with Crippen molar-refractivity contribution >= 4 is 23.7 Å². The van der Waals surface area contributed by atoms with Gasteiger partial charge in [0.25, 0.3) is 0 Å². The lowest BCUT2D eigenvalue weighted by Gasteiger charge is -2.29. The van der Waals surface area contributed by atoms with Crippen LogP contribution in [0.1, 0.15) is 71.6 Å². The van der Waals surface area contributed by atoms with Gasteiger partial charge >= 0.3 is 17.9 Å². The first-order valence-electron chi connectivity index (χ1n) is 14.8. The van der Waals surface area contributed by atoms with E-state index in [0.29, 0.717) is 44.5 Å². The van der Waals surface area contributed by atoms with Crippen LogP contribution in [0.15, 0.2) is 42.5 Å². The van der Waals surface area contributed by atoms with Crippen LogP contribution < -0.4 is 4.74 Å². The van der Waals surface area contributed by atoms with Crippen molar-refractivity contribution in [3.8, 4) is 5.75 Å². The van der Waals surface area contributed by atoms with Crippen LogP contribution in [-0.4, -0.2) is 68.6 Å². The SMILES string of the molecule is COC(=O)CCCC(CC[C@@H]1[C@@H](/C=C/C(=O)COc2ccccc2)[C@H](OC2CCCCO2)C[C@@H]1OC(C)=O)OC(C)=O. The molecule has 0 N–H and O–H groups in total. The van der Waals surface area contributed by atoms with Crippen LogP contribution in [0.3, 0.4) is 0 Å². The molecule has 1 aliphatic heterocycles. The summed E-state index contributed by atoms with van der Waals surface area (Å²) in [5, 5.41) is 0. The number of carbonyl (C=O) groups excluding carboxylic acids is 4. The monoisotopic (exact) mass is 588 g/mol. The summed E-state index contributed by atoms with van der Waals surface area (Å²) in [5.41, 5.74) is 0. The third-order valence-corrected chi connectivity index (χ3v) is 7.57. The van der Waals surface area contributed by atoms with Gasteiger partial charge in [-0.05, 0) is 63.2 Å². The molecule has 1 aliphatic carbocycles. The van der Waals surface area contributed by atoms with E-state index < -0.39 is 24.1 Å². The zero-order valence-corrected chi connectivity index (χ0v) is 24.9. The molecular formula is C32H44O10. The zero-order valence-electron chi connectivity index (χ0n) is 24.9. The minimum Gasteiger partial charge on any atom is -0.485 e. The largest absolute Gasteiger partial charge is 0.485 e. The molecule has 0 amide bonds. The molecule has 0 aromatic heterocycles. The van der Waals surface area contributed by atoms with E-state index in [1.54, 1.807) is 12.1 Å². The molecule has 10 heteroatoms. The van der Waals surface area contributed by atoms with E-state index in [1.807, 2.05) is 24.3 Å². The van der Waals surface area contributed by atoms with Crippen LogP contribution in [0, 0.1) is 11.8 Å². The number of ketones is 1. The number of benzene rings is 1. The van der Waals surface area contributed by atoms with E-state index in [2.05, 4.69) is 0 Å². The maximum atomic E-state index is 12.8. The lowest BCUT2D eigenvalue weighted by Crippen LogP contribution is -2.31. The van der Waals surface area contributed by atoms with E-state index in [1.165, 1.54) is 27.0 Å². The van der Waals surface area contributed by atoms with Crippen molar-refractivity contribution in [2.45, 2.75) is 96.2 Å². The first-order chi connectivity index (χ1) is 20.2. The van der Waals surface area contributed by atoms with E-state index in [9.17, 15) is 19.2 Å². The molecule has 1 aromatic rings. The molecule has 2 fully saturated rings. The minimum absolute atomic E-state index is 0.114. The molecule has 232 valence electrons. The van der Waals surface area contributed by atoms with E-state index in [-0.39, 0.29) is 49.0 Å². The third kappa shape index (κ3) is 11.6. The van der Waals surface area contributed by atoms with Gasteiger partial charge in [0.1, 0.15) is 18.0 Å². The second-order valence-electron chi connectivity index (χ2n) is 10.8. The van der Waals surface area contributed by atoms with Gasteiger partial charge in [-0.15, -0.1) is 0 Å². The number of carbonyl (C=O) groups is 4. The Hall–Kier alpha value is -3.24. The van der Waals surface area contributed by atoms with Gasteiger partial charge in [-0.1, -0.05) is 24.3 Å². The molecule has 0 spiro atoms. The molecular weight excluding hydrogens is 544 g/mol. The Labute approximate surface area is 248 Å². The Bertz CT molecular complexity index is 1030. The number of esters is 3. The molecule has 1 saturated carbocycles. The molecule has 1 saturated heterocycles. The highest BCUT2D eigenvalue weighted by Gasteiger charge is 2.45. The third-order valence-electron chi connectivity index (χ3n) is 7.57. The van der Waals surface area contributed by atoms with Crippen molar-refractivity contribution in [3.05, 3.63) is 42.5 Å². The Morgan fingerprint density at radius 3 is 2.48 bits per heavy atom. The fourth-order valence-corrected chi connectivity index (χ4v) is 5.63. The highest BCUT2D eigenvalue weighted by atomic mass is 16.7. The average Bonchev–Trinajstić information content (AvgIpc) is 3.28. The maximum absolute atomic E-state index is 12.8. The number of ether oxygens (including phenoxy) is 6. The summed E-state index contributed by atoms with van der Waals surface area (Å²) in [6, 6.07) is 9.11. The highest BCUT2D eigenvalue weighted by Crippen LogP contribution is 2.42. The van der Waals surface area contributed by atoms with Crippen LogP contribution >= 0.6 is 0 Å². The van der Waals surface area contributed by atoms with Gasteiger partial charge in [0, 0.05) is 45.1 Å². The average molecular weight is 589 g/mol. The quantitative estimate of drug-likeness (QED) is 0.152. The molecule has 1 heterocycles. The molecule has 42 heavy (non-hydrogen) atoms. The number of para-hydroxylation sites is 1. The predicted molar refractivity (Wildman–Crippen MR) is 152 cm³/mol. The topological polar surface area (TPSA) is 124 Å². The van der Waals surface area contributed by atoms with Crippen LogP contribution in [0.25, 0.3) is 0 Å². The second-order valence-corrected chi connectivity index (χ2v) is 10.8. The van der Waals surface area contributed by atoms with Gasteiger partial charge in [0.05, 0.1) is 13.2 Å². The molecule has 10 nitrogen and oxygen atoms in total. The van der Waals surface area contributed by atoms with Crippen molar-refractivity contribution in [1.29, 1.82) is 0 Å². The lowest BCUT2D eigenvalue weighted by atomic mass is 9.87. The van der Waals surface area contributed by atoms with Crippen molar-refractivity contribution in [2.75, 3.05) is 20.3 Å². The summed E-state index contributed by atoms with van der Waals surface area (Å²) in [6.07, 6.45) is 7.24. The second kappa shape index (κ2) is 17.7. The van der Waals surface area contributed by atoms with Crippen molar-refractivity contribution < 1.29 is 47.6 Å². The van der Waals surface area contributed by atoms with Gasteiger partial charge in [0.15, 0.2) is 18.7 Å². The molecule has 1 aromatic carbocycles. The van der Waals surface area contributed by atoms with Crippen molar-refractivity contribution in [2.24, 2.45) is 11.8 Å². The maximum Gasteiger partial charge on any atom is 0.305 e. The molecule has 0 bridgehead atoms. The van der Waals surface area contributed by atoms with Gasteiger partial charge in [-0.3, -0.25) is 19.2 Å². The summed E-state index contributed by atoms with van der Waals surface area (Å²) in [6.45, 7) is 3.24. The van der Waals surface area contributed by atoms with E-state index in [4.69, 9.17) is 28.4 Å². The molecule has 2 aliphatic rings. The summed E-state index contributed by atoms with van der Waals surface area (Å²) in [7, 11) is 1.34. The van der Waals surface area contributed by atoms with Gasteiger partial charge in [-0.2, -0.15) is 0 Å². The Morgan fingerprint density at radius 2 is 1.81 bits per heavy atom. The molecule has 0 radical (unpaired) electrons. The van der Waals surface area contributed by atoms with Crippen LogP contribution in [0.2, 0.25) is 0 Å². The fourth-order valence-electron chi connectivity index (χ4n) is 5.63. The minimum atomic E-state index is -0.450. The van der Waals surface area contributed by atoms with Crippen molar-refractivity contribution in [1.82, 2.24) is 0 Å². The number of methoxy groups -OCH3 is 1. The van der Waals surface area contributed by atoms with Crippen LogP contribution in [-0.2, 0) is 42.9 Å². The summed E-state index contributed by atoms with van der Waals surface area (Å²) < 4.78 is 33.9. The Morgan fingerprint density at radius 1 is 1.02 bits per heavy atom. The zero-order chi connectivity index (χ0) is 30.3. The Kier molecular flexibility index (Phi) is 14.0. The first-order valence-corrected chi connectivity index (χ1v) is 14.8. The normalized spacial score (nSPS) is 24.6. The number of rotatable bonds is 16. The standard InChI is InChI=1S/C32H44O10/c1-22(33)40-26(12-9-13-31(36)37-3)16-18-28-27(17-15-24(35)21-39-25-10-5-4-6-11-25)30(20-29(28)41-23(2)34)42-32-14-7-8-19-38-32/h4-6,10-11,15,17,26-30,32H,7-9,12-14,16,18-21H2,1-3H3/b17-15+/t26?,27-,28-,29+,30-,32?/m1/s1.